The van der Waals surface area contributed by atoms with Crippen molar-refractivity contribution in [2.75, 3.05) is 0 Å². The molecule has 0 fully saturated rings. The SMILES string of the molecule is CC(=O)Oc1ccccc1[C@H](/C=C/c1ccccc1)OC(C)=O. The van der Waals surface area contributed by atoms with Crippen LogP contribution in [-0.2, 0) is 14.3 Å². The van der Waals surface area contributed by atoms with E-state index in [2.05, 4.69) is 0 Å². The van der Waals surface area contributed by atoms with E-state index in [1.54, 1.807) is 30.3 Å². The summed E-state index contributed by atoms with van der Waals surface area (Å²) in [5.41, 5.74) is 1.60. The Hall–Kier alpha value is -2.88. The molecule has 0 spiro atoms. The second kappa shape index (κ2) is 7.94. The fourth-order valence-corrected chi connectivity index (χ4v) is 2.11. The molecule has 2 aromatic rings. The van der Waals surface area contributed by atoms with E-state index in [9.17, 15) is 9.59 Å². The van der Waals surface area contributed by atoms with Gasteiger partial charge in [0, 0.05) is 19.4 Å². The van der Waals surface area contributed by atoms with Crippen LogP contribution >= 0.6 is 0 Å². The smallest absolute Gasteiger partial charge is 0.308 e. The minimum absolute atomic E-state index is 0.379. The van der Waals surface area contributed by atoms with Crippen LogP contribution in [0.25, 0.3) is 6.08 Å². The third kappa shape index (κ3) is 5.11. The molecule has 23 heavy (non-hydrogen) atoms. The van der Waals surface area contributed by atoms with Crippen LogP contribution in [0.5, 0.6) is 5.75 Å². The molecular weight excluding hydrogens is 292 g/mol. The Kier molecular flexibility index (Phi) is 5.69. The predicted octanol–water partition coefficient (Wildman–Crippen LogP) is 3.93. The number of rotatable bonds is 5. The van der Waals surface area contributed by atoms with E-state index < -0.39 is 18.0 Å². The summed E-state index contributed by atoms with van der Waals surface area (Å²) in [5.74, 6) is -0.458. The molecule has 4 nitrogen and oxygen atoms in total. The van der Waals surface area contributed by atoms with E-state index in [0.29, 0.717) is 11.3 Å². The number of carbonyl (C=O) groups excluding carboxylic acids is 2. The predicted molar refractivity (Wildman–Crippen MR) is 87.7 cm³/mol. The Bertz CT molecular complexity index is 704. The quantitative estimate of drug-likeness (QED) is 0.620. The Labute approximate surface area is 135 Å². The van der Waals surface area contributed by atoms with Crippen molar-refractivity contribution in [1.29, 1.82) is 0 Å². The molecule has 0 heterocycles. The molecule has 1 atom stereocenters. The highest BCUT2D eigenvalue weighted by atomic mass is 16.6. The molecule has 0 aliphatic rings. The number of benzene rings is 2. The van der Waals surface area contributed by atoms with Gasteiger partial charge in [-0.1, -0.05) is 54.6 Å². The van der Waals surface area contributed by atoms with Crippen LogP contribution in [0.2, 0.25) is 0 Å². The van der Waals surface area contributed by atoms with E-state index in [4.69, 9.17) is 9.47 Å². The third-order valence-corrected chi connectivity index (χ3v) is 3.04. The van der Waals surface area contributed by atoms with Crippen LogP contribution in [0.1, 0.15) is 31.1 Å². The van der Waals surface area contributed by atoms with Gasteiger partial charge in [0.2, 0.25) is 0 Å². The Morgan fingerprint density at radius 1 is 0.913 bits per heavy atom. The molecule has 0 aliphatic heterocycles. The van der Waals surface area contributed by atoms with Crippen molar-refractivity contribution >= 4 is 18.0 Å². The number of carbonyl (C=O) groups is 2. The molecule has 4 heteroatoms. The summed E-state index contributed by atoms with van der Waals surface area (Å²) in [6.45, 7) is 2.68. The van der Waals surface area contributed by atoms with Crippen LogP contribution in [0.3, 0.4) is 0 Å². The molecule has 0 aromatic heterocycles. The fourth-order valence-electron chi connectivity index (χ4n) is 2.11. The molecule has 0 N–H and O–H groups in total. The first kappa shape index (κ1) is 16.5. The Morgan fingerprint density at radius 2 is 1.57 bits per heavy atom. The van der Waals surface area contributed by atoms with Crippen molar-refractivity contribution in [1.82, 2.24) is 0 Å². The van der Waals surface area contributed by atoms with Gasteiger partial charge in [-0.25, -0.2) is 0 Å². The minimum Gasteiger partial charge on any atom is -0.453 e. The monoisotopic (exact) mass is 310 g/mol. The van der Waals surface area contributed by atoms with Crippen LogP contribution in [-0.4, -0.2) is 11.9 Å². The van der Waals surface area contributed by atoms with Crippen molar-refractivity contribution < 1.29 is 19.1 Å². The third-order valence-electron chi connectivity index (χ3n) is 3.04. The number of esters is 2. The van der Waals surface area contributed by atoms with Crippen LogP contribution in [0, 0.1) is 0 Å². The second-order valence-corrected chi connectivity index (χ2v) is 4.93. The first-order valence-electron chi connectivity index (χ1n) is 7.24. The van der Waals surface area contributed by atoms with Gasteiger partial charge in [-0.3, -0.25) is 9.59 Å². The van der Waals surface area contributed by atoms with E-state index in [0.717, 1.165) is 5.56 Å². The minimum atomic E-state index is -0.636. The van der Waals surface area contributed by atoms with E-state index >= 15 is 0 Å². The van der Waals surface area contributed by atoms with Gasteiger partial charge in [-0.05, 0) is 17.7 Å². The number of ether oxygens (including phenoxy) is 2. The molecule has 0 radical (unpaired) electrons. The van der Waals surface area contributed by atoms with E-state index in [-0.39, 0.29) is 0 Å². The van der Waals surface area contributed by atoms with Crippen molar-refractivity contribution in [3.63, 3.8) is 0 Å². The fraction of sp³-hybridized carbons (Fsp3) is 0.158. The van der Waals surface area contributed by atoms with Crippen molar-refractivity contribution in [2.45, 2.75) is 20.0 Å². The summed E-state index contributed by atoms with van der Waals surface area (Å²) in [6.07, 6.45) is 2.99. The lowest BCUT2D eigenvalue weighted by Gasteiger charge is -2.16. The van der Waals surface area contributed by atoms with Crippen LogP contribution in [0.15, 0.2) is 60.7 Å². The molecule has 118 valence electrons. The summed E-state index contributed by atoms with van der Waals surface area (Å²) in [7, 11) is 0. The van der Waals surface area contributed by atoms with Gasteiger partial charge < -0.3 is 9.47 Å². The first-order chi connectivity index (χ1) is 11.1. The van der Waals surface area contributed by atoms with Gasteiger partial charge in [0.1, 0.15) is 11.9 Å². The Morgan fingerprint density at radius 3 is 2.22 bits per heavy atom. The molecule has 2 rings (SSSR count). The highest BCUT2D eigenvalue weighted by molar-refractivity contribution is 5.70. The number of para-hydroxylation sites is 1. The van der Waals surface area contributed by atoms with Crippen molar-refractivity contribution in [3.05, 3.63) is 71.8 Å². The highest BCUT2D eigenvalue weighted by Crippen LogP contribution is 2.29. The summed E-state index contributed by atoms with van der Waals surface area (Å²) in [6, 6.07) is 16.7. The van der Waals surface area contributed by atoms with Crippen LogP contribution < -0.4 is 4.74 Å². The standard InChI is InChI=1S/C19H18O4/c1-14(20)22-18-11-7-6-10-17(18)19(23-15(2)21)13-12-16-8-4-3-5-9-16/h3-13,19H,1-2H3/b13-12+/t19-/m0/s1. The Balaban J connectivity index is 2.33. The first-order valence-corrected chi connectivity index (χ1v) is 7.24. The topological polar surface area (TPSA) is 52.6 Å². The number of hydrogen-bond donors (Lipinski definition) is 0. The molecule has 2 aromatic carbocycles. The van der Waals surface area contributed by atoms with Gasteiger partial charge in [0.15, 0.2) is 0 Å². The second-order valence-electron chi connectivity index (χ2n) is 4.93. The van der Waals surface area contributed by atoms with Gasteiger partial charge in [-0.2, -0.15) is 0 Å². The summed E-state index contributed by atoms with van der Waals surface area (Å²) in [4.78, 5) is 22.6. The van der Waals surface area contributed by atoms with Gasteiger partial charge in [0.25, 0.3) is 0 Å². The molecule has 0 unspecified atom stereocenters. The van der Waals surface area contributed by atoms with E-state index in [1.807, 2.05) is 36.4 Å². The molecule has 0 saturated carbocycles. The maximum atomic E-state index is 11.4. The highest BCUT2D eigenvalue weighted by Gasteiger charge is 2.17. The summed E-state index contributed by atoms with van der Waals surface area (Å²) < 4.78 is 10.6. The molecule has 0 bridgehead atoms. The maximum absolute atomic E-state index is 11.4. The van der Waals surface area contributed by atoms with E-state index in [1.165, 1.54) is 13.8 Å². The molecule has 0 amide bonds. The zero-order chi connectivity index (χ0) is 16.7. The van der Waals surface area contributed by atoms with Gasteiger partial charge in [-0.15, -0.1) is 0 Å². The van der Waals surface area contributed by atoms with Gasteiger partial charge in [0.05, 0.1) is 0 Å². The zero-order valence-electron chi connectivity index (χ0n) is 13.1. The van der Waals surface area contributed by atoms with Crippen molar-refractivity contribution in [2.24, 2.45) is 0 Å². The lowest BCUT2D eigenvalue weighted by molar-refractivity contribution is -0.144. The average Bonchev–Trinajstić information content (AvgIpc) is 2.52. The molecule has 0 aliphatic carbocycles. The largest absolute Gasteiger partial charge is 0.453 e. The maximum Gasteiger partial charge on any atom is 0.308 e. The normalized spacial score (nSPS) is 11.9. The summed E-state index contributed by atoms with van der Waals surface area (Å²) in [5, 5.41) is 0. The van der Waals surface area contributed by atoms with Gasteiger partial charge >= 0.3 is 11.9 Å². The lowest BCUT2D eigenvalue weighted by atomic mass is 10.1. The summed E-state index contributed by atoms with van der Waals surface area (Å²) >= 11 is 0. The van der Waals surface area contributed by atoms with Crippen molar-refractivity contribution in [3.8, 4) is 5.75 Å². The zero-order valence-corrected chi connectivity index (χ0v) is 13.1. The number of hydrogen-bond acceptors (Lipinski definition) is 4. The lowest BCUT2D eigenvalue weighted by Crippen LogP contribution is -2.10. The van der Waals surface area contributed by atoms with Crippen LogP contribution in [0.4, 0.5) is 0 Å². The molecule has 0 saturated heterocycles. The molecular formula is C19H18O4. The average molecular weight is 310 g/mol.